The second kappa shape index (κ2) is 11.7. The molecule has 2 N–H and O–H groups in total. The third-order valence-corrected chi connectivity index (χ3v) is 6.86. The van der Waals surface area contributed by atoms with E-state index in [-0.39, 0.29) is 6.10 Å². The highest BCUT2D eigenvalue weighted by atomic mass is 35.5. The van der Waals surface area contributed by atoms with E-state index in [1.54, 1.807) is 7.11 Å². The molecule has 27 heavy (non-hydrogen) atoms. The molecule has 1 aliphatic carbocycles. The molecule has 1 aromatic rings. The van der Waals surface area contributed by atoms with Gasteiger partial charge in [0.1, 0.15) is 6.10 Å². The summed E-state index contributed by atoms with van der Waals surface area (Å²) >= 11 is 6.10. The predicted octanol–water partition coefficient (Wildman–Crippen LogP) is 3.66. The monoisotopic (exact) mass is 413 g/mol. The Morgan fingerprint density at radius 2 is 2.22 bits per heavy atom. The normalized spacial score (nSPS) is 22.9. The zero-order valence-corrected chi connectivity index (χ0v) is 18.1. The molecular formula is C20H32ClN3O2S. The first-order chi connectivity index (χ1) is 13.1. The van der Waals surface area contributed by atoms with Crippen LogP contribution in [0.15, 0.2) is 29.3 Å². The fourth-order valence-corrected chi connectivity index (χ4v) is 5.01. The van der Waals surface area contributed by atoms with Crippen molar-refractivity contribution in [1.82, 2.24) is 10.6 Å². The lowest BCUT2D eigenvalue weighted by molar-refractivity contribution is 0.111. The van der Waals surface area contributed by atoms with Gasteiger partial charge in [0.2, 0.25) is 0 Å². The molecule has 0 aromatic heterocycles. The lowest BCUT2D eigenvalue weighted by atomic mass is 9.95. The SMILES string of the molecule is CCNC(=NCC(OC)c1cccc(Cl)c1)NC1CCCC(S(=O)CC)C1. The van der Waals surface area contributed by atoms with Gasteiger partial charge in [-0.25, -0.2) is 0 Å². The van der Waals surface area contributed by atoms with Crippen molar-refractivity contribution in [3.05, 3.63) is 34.9 Å². The quantitative estimate of drug-likeness (QED) is 0.504. The third-order valence-electron chi connectivity index (χ3n) is 4.89. The second-order valence-electron chi connectivity index (χ2n) is 6.80. The van der Waals surface area contributed by atoms with Crippen LogP contribution >= 0.6 is 11.6 Å². The summed E-state index contributed by atoms with van der Waals surface area (Å²) in [6.45, 7) is 5.35. The summed E-state index contributed by atoms with van der Waals surface area (Å²) in [6, 6.07) is 8.00. The maximum absolute atomic E-state index is 12.2. The van der Waals surface area contributed by atoms with Crippen LogP contribution in [0.3, 0.4) is 0 Å². The number of hydrogen-bond donors (Lipinski definition) is 2. The molecule has 0 radical (unpaired) electrons. The maximum Gasteiger partial charge on any atom is 0.191 e. The van der Waals surface area contributed by atoms with E-state index >= 15 is 0 Å². The highest BCUT2D eigenvalue weighted by Crippen LogP contribution is 2.23. The molecule has 4 atom stereocenters. The molecule has 1 aromatic carbocycles. The number of hydrogen-bond acceptors (Lipinski definition) is 3. The Labute approximate surface area is 170 Å². The number of halogens is 1. The first-order valence-corrected chi connectivity index (χ1v) is 11.5. The number of methoxy groups -OCH3 is 1. The molecule has 0 spiro atoms. The minimum atomic E-state index is -0.725. The molecule has 0 saturated heterocycles. The van der Waals surface area contributed by atoms with Crippen molar-refractivity contribution in [2.75, 3.05) is 26.0 Å². The molecule has 5 nitrogen and oxygen atoms in total. The number of rotatable bonds is 8. The Morgan fingerprint density at radius 3 is 2.89 bits per heavy atom. The zero-order valence-electron chi connectivity index (χ0n) is 16.5. The van der Waals surface area contributed by atoms with Crippen molar-refractivity contribution < 1.29 is 8.95 Å². The topological polar surface area (TPSA) is 62.7 Å². The fraction of sp³-hybridized carbons (Fsp3) is 0.650. The van der Waals surface area contributed by atoms with Gasteiger partial charge in [-0.2, -0.15) is 0 Å². The molecule has 2 rings (SSSR count). The second-order valence-corrected chi connectivity index (χ2v) is 9.24. The van der Waals surface area contributed by atoms with E-state index in [4.69, 9.17) is 21.3 Å². The summed E-state index contributed by atoms with van der Waals surface area (Å²) < 4.78 is 17.8. The lowest BCUT2D eigenvalue weighted by Gasteiger charge is -2.30. The van der Waals surface area contributed by atoms with Crippen LogP contribution in [0.25, 0.3) is 0 Å². The van der Waals surface area contributed by atoms with E-state index in [1.165, 1.54) is 0 Å². The summed E-state index contributed by atoms with van der Waals surface area (Å²) in [7, 11) is 0.963. The van der Waals surface area contributed by atoms with Gasteiger partial charge in [0.05, 0.1) is 6.54 Å². The number of nitrogens with one attached hydrogen (secondary N) is 2. The Bertz CT molecular complexity index is 641. The van der Waals surface area contributed by atoms with Gasteiger partial charge in [0, 0.05) is 46.5 Å². The van der Waals surface area contributed by atoms with Crippen LogP contribution < -0.4 is 10.6 Å². The fourth-order valence-electron chi connectivity index (χ4n) is 3.46. The molecule has 7 heteroatoms. The standard InChI is InChI=1S/C20H32ClN3O2S/c1-4-22-20(24-17-10-7-11-18(13-17)27(25)5-2)23-14-19(26-3)15-8-6-9-16(21)12-15/h6,8-9,12,17-19H,4-5,7,10-11,13-14H2,1-3H3,(H2,22,23,24). The molecule has 1 fully saturated rings. The highest BCUT2D eigenvalue weighted by molar-refractivity contribution is 7.85. The molecule has 0 aliphatic heterocycles. The van der Waals surface area contributed by atoms with E-state index in [9.17, 15) is 4.21 Å². The average molecular weight is 414 g/mol. The predicted molar refractivity (Wildman–Crippen MR) is 115 cm³/mol. The Kier molecular flexibility index (Phi) is 9.59. The highest BCUT2D eigenvalue weighted by Gasteiger charge is 2.26. The number of guanidine groups is 1. The van der Waals surface area contributed by atoms with Crippen LogP contribution in [0.5, 0.6) is 0 Å². The van der Waals surface area contributed by atoms with E-state index in [0.29, 0.717) is 22.9 Å². The minimum absolute atomic E-state index is 0.147. The first kappa shape index (κ1) is 22.2. The van der Waals surface area contributed by atoms with Gasteiger partial charge in [-0.1, -0.05) is 37.1 Å². The van der Waals surface area contributed by atoms with Crippen LogP contribution in [0.4, 0.5) is 0 Å². The van der Waals surface area contributed by atoms with E-state index in [2.05, 4.69) is 17.6 Å². The molecule has 152 valence electrons. The van der Waals surface area contributed by atoms with Crippen molar-refractivity contribution in [2.24, 2.45) is 4.99 Å². The van der Waals surface area contributed by atoms with Crippen molar-refractivity contribution in [3.63, 3.8) is 0 Å². The van der Waals surface area contributed by atoms with Crippen molar-refractivity contribution in [1.29, 1.82) is 0 Å². The first-order valence-electron chi connectivity index (χ1n) is 9.77. The van der Waals surface area contributed by atoms with Crippen LogP contribution in [0, 0.1) is 0 Å². The summed E-state index contributed by atoms with van der Waals surface area (Å²) in [5.41, 5.74) is 1.01. The summed E-state index contributed by atoms with van der Waals surface area (Å²) in [5, 5.41) is 7.83. The third kappa shape index (κ3) is 7.09. The van der Waals surface area contributed by atoms with Gasteiger partial charge in [0.15, 0.2) is 5.96 Å². The maximum atomic E-state index is 12.2. The van der Waals surface area contributed by atoms with Crippen LogP contribution in [-0.2, 0) is 15.5 Å². The number of benzene rings is 1. The van der Waals surface area contributed by atoms with Gasteiger partial charge in [0.25, 0.3) is 0 Å². The van der Waals surface area contributed by atoms with Gasteiger partial charge in [-0.05, 0) is 43.9 Å². The summed E-state index contributed by atoms with van der Waals surface area (Å²) in [5.74, 6) is 1.52. The number of aliphatic imine (C=N–C) groups is 1. The Hall–Kier alpha value is -1.11. The molecule has 1 aliphatic rings. The van der Waals surface area contributed by atoms with Gasteiger partial charge >= 0.3 is 0 Å². The van der Waals surface area contributed by atoms with Crippen LogP contribution in [0.1, 0.15) is 51.2 Å². The average Bonchev–Trinajstić information content (AvgIpc) is 2.68. The van der Waals surface area contributed by atoms with Gasteiger partial charge in [-0.3, -0.25) is 9.20 Å². The minimum Gasteiger partial charge on any atom is -0.375 e. The lowest BCUT2D eigenvalue weighted by Crippen LogP contribution is -2.46. The largest absolute Gasteiger partial charge is 0.375 e. The number of ether oxygens (including phenoxy) is 1. The Morgan fingerprint density at radius 1 is 1.41 bits per heavy atom. The zero-order chi connectivity index (χ0) is 19.6. The van der Waals surface area contributed by atoms with Crippen molar-refractivity contribution in [2.45, 2.75) is 56.9 Å². The van der Waals surface area contributed by atoms with Crippen LogP contribution in [0.2, 0.25) is 5.02 Å². The molecule has 0 heterocycles. The molecule has 0 bridgehead atoms. The number of nitrogens with zero attached hydrogens (tertiary/aromatic N) is 1. The van der Waals surface area contributed by atoms with Gasteiger partial charge < -0.3 is 15.4 Å². The molecule has 1 saturated carbocycles. The Balaban J connectivity index is 2.01. The van der Waals surface area contributed by atoms with E-state index in [1.807, 2.05) is 31.2 Å². The molecular weight excluding hydrogens is 382 g/mol. The van der Waals surface area contributed by atoms with Crippen LogP contribution in [-0.4, -0.2) is 47.4 Å². The van der Waals surface area contributed by atoms with Crippen molar-refractivity contribution in [3.8, 4) is 0 Å². The van der Waals surface area contributed by atoms with E-state index < -0.39 is 10.8 Å². The molecule has 4 unspecified atom stereocenters. The summed E-state index contributed by atoms with van der Waals surface area (Å²) in [4.78, 5) is 4.73. The smallest absolute Gasteiger partial charge is 0.191 e. The van der Waals surface area contributed by atoms with E-state index in [0.717, 1.165) is 49.5 Å². The van der Waals surface area contributed by atoms with Gasteiger partial charge in [-0.15, -0.1) is 0 Å². The summed E-state index contributed by atoms with van der Waals surface area (Å²) in [6.07, 6.45) is 4.05. The van der Waals surface area contributed by atoms with Crippen molar-refractivity contribution >= 4 is 28.4 Å². The molecule has 0 amide bonds.